The van der Waals surface area contributed by atoms with E-state index < -0.39 is 10.0 Å². The molecule has 0 unspecified atom stereocenters. The smallest absolute Gasteiger partial charge is 0.242 e. The Morgan fingerprint density at radius 2 is 2.00 bits per heavy atom. The monoisotopic (exact) mass is 244 g/mol. The zero-order valence-corrected chi connectivity index (χ0v) is 9.92. The van der Waals surface area contributed by atoms with Gasteiger partial charge < -0.3 is 10.4 Å². The summed E-state index contributed by atoms with van der Waals surface area (Å²) in [5.74, 6) is 0. The van der Waals surface area contributed by atoms with Crippen molar-refractivity contribution in [1.29, 1.82) is 0 Å². The fourth-order valence-electron chi connectivity index (χ4n) is 1.31. The van der Waals surface area contributed by atoms with Gasteiger partial charge in [0.2, 0.25) is 10.0 Å². The number of aliphatic hydroxyl groups is 1. The maximum absolute atomic E-state index is 11.8. The second-order valence-electron chi connectivity index (χ2n) is 3.15. The third kappa shape index (κ3) is 3.19. The van der Waals surface area contributed by atoms with Crippen LogP contribution in [0.15, 0.2) is 29.2 Å². The minimum atomic E-state index is -3.47. The van der Waals surface area contributed by atoms with Crippen molar-refractivity contribution in [2.24, 2.45) is 0 Å². The zero-order valence-electron chi connectivity index (χ0n) is 9.10. The molecule has 1 aromatic rings. The first kappa shape index (κ1) is 13.0. The predicted molar refractivity (Wildman–Crippen MR) is 62.9 cm³/mol. The summed E-state index contributed by atoms with van der Waals surface area (Å²) in [4.78, 5) is 0.199. The first-order chi connectivity index (χ1) is 7.61. The molecule has 0 bridgehead atoms. The van der Waals surface area contributed by atoms with Crippen LogP contribution in [0, 0.1) is 0 Å². The first-order valence-electron chi connectivity index (χ1n) is 5.05. The van der Waals surface area contributed by atoms with Gasteiger partial charge in [0.1, 0.15) is 4.90 Å². The number of aliphatic hydroxyl groups excluding tert-OH is 1. The van der Waals surface area contributed by atoms with Crippen molar-refractivity contribution < 1.29 is 13.5 Å². The summed E-state index contributed by atoms with van der Waals surface area (Å²) in [6, 6.07) is 6.59. The average Bonchev–Trinajstić information content (AvgIpc) is 2.26. The molecule has 0 amide bonds. The molecule has 3 N–H and O–H groups in total. The van der Waals surface area contributed by atoms with Crippen LogP contribution in [0.5, 0.6) is 0 Å². The number of nitrogens with one attached hydrogen (secondary N) is 2. The van der Waals surface area contributed by atoms with E-state index in [1.54, 1.807) is 25.1 Å². The average molecular weight is 244 g/mol. The summed E-state index contributed by atoms with van der Waals surface area (Å²) < 4.78 is 26.0. The quantitative estimate of drug-likeness (QED) is 0.676. The van der Waals surface area contributed by atoms with E-state index in [-0.39, 0.29) is 11.5 Å². The molecule has 0 atom stereocenters. The van der Waals surface area contributed by atoms with Gasteiger partial charge in [0.15, 0.2) is 0 Å². The molecule has 0 aliphatic rings. The molecule has 0 saturated carbocycles. The van der Waals surface area contributed by atoms with E-state index in [0.29, 0.717) is 18.8 Å². The molecule has 0 aliphatic carbocycles. The number of hydrogen-bond donors (Lipinski definition) is 3. The second kappa shape index (κ2) is 5.83. The summed E-state index contributed by atoms with van der Waals surface area (Å²) >= 11 is 0. The lowest BCUT2D eigenvalue weighted by atomic mass is 10.3. The molecule has 1 aromatic carbocycles. The van der Waals surface area contributed by atoms with Gasteiger partial charge in [0.25, 0.3) is 0 Å². The van der Waals surface area contributed by atoms with E-state index in [2.05, 4.69) is 10.0 Å². The third-order valence-corrected chi connectivity index (χ3v) is 3.54. The molecule has 16 heavy (non-hydrogen) atoms. The predicted octanol–water partition coefficient (Wildman–Crippen LogP) is 0.389. The lowest BCUT2D eigenvalue weighted by Crippen LogP contribution is -2.24. The molecule has 0 spiro atoms. The van der Waals surface area contributed by atoms with E-state index >= 15 is 0 Å². The molecule has 6 heteroatoms. The van der Waals surface area contributed by atoms with E-state index in [1.807, 2.05) is 0 Å². The van der Waals surface area contributed by atoms with Gasteiger partial charge in [-0.25, -0.2) is 13.1 Å². The molecule has 0 fully saturated rings. The van der Waals surface area contributed by atoms with Crippen LogP contribution >= 0.6 is 0 Å². The molecule has 0 heterocycles. The summed E-state index contributed by atoms with van der Waals surface area (Å²) in [5.41, 5.74) is 0.498. The standard InChI is InChI=1S/C10H16N2O3S/c1-2-12-16(14,15)10-6-4-3-5-9(10)11-7-8-13/h3-6,11-13H,2,7-8H2,1H3. The van der Waals surface area contributed by atoms with Gasteiger partial charge in [-0.05, 0) is 12.1 Å². The number of anilines is 1. The van der Waals surface area contributed by atoms with Crippen LogP contribution in [0.25, 0.3) is 0 Å². The van der Waals surface area contributed by atoms with E-state index in [4.69, 9.17) is 5.11 Å². The van der Waals surface area contributed by atoms with Gasteiger partial charge in [-0.1, -0.05) is 19.1 Å². The molecule has 1 rings (SSSR count). The van der Waals surface area contributed by atoms with Crippen LogP contribution < -0.4 is 10.0 Å². The molecular formula is C10H16N2O3S. The lowest BCUT2D eigenvalue weighted by molar-refractivity contribution is 0.311. The Balaban J connectivity index is 3.03. The second-order valence-corrected chi connectivity index (χ2v) is 4.88. The summed E-state index contributed by atoms with van der Waals surface area (Å²) in [6.45, 7) is 2.34. The lowest BCUT2D eigenvalue weighted by Gasteiger charge is -2.11. The Labute approximate surface area is 95.5 Å². The van der Waals surface area contributed by atoms with Gasteiger partial charge >= 0.3 is 0 Å². The number of benzene rings is 1. The largest absolute Gasteiger partial charge is 0.395 e. The molecule has 0 saturated heterocycles. The molecular weight excluding hydrogens is 228 g/mol. The Hall–Kier alpha value is -1.11. The van der Waals surface area contributed by atoms with Crippen molar-refractivity contribution >= 4 is 15.7 Å². The fraction of sp³-hybridized carbons (Fsp3) is 0.400. The van der Waals surface area contributed by atoms with Crippen molar-refractivity contribution in [2.45, 2.75) is 11.8 Å². The third-order valence-electron chi connectivity index (χ3n) is 1.94. The summed E-state index contributed by atoms with van der Waals surface area (Å²) in [7, 11) is -3.47. The molecule has 5 nitrogen and oxygen atoms in total. The number of para-hydroxylation sites is 1. The Kier molecular flexibility index (Phi) is 4.72. The zero-order chi connectivity index (χ0) is 12.0. The van der Waals surface area contributed by atoms with Crippen LogP contribution in [0.1, 0.15) is 6.92 Å². The Morgan fingerprint density at radius 3 is 2.62 bits per heavy atom. The highest BCUT2D eigenvalue weighted by atomic mass is 32.2. The van der Waals surface area contributed by atoms with Crippen molar-refractivity contribution in [1.82, 2.24) is 4.72 Å². The van der Waals surface area contributed by atoms with Crippen molar-refractivity contribution in [3.63, 3.8) is 0 Å². The van der Waals surface area contributed by atoms with Crippen LogP contribution in [-0.4, -0.2) is 33.2 Å². The highest BCUT2D eigenvalue weighted by Gasteiger charge is 2.16. The van der Waals surface area contributed by atoms with Crippen LogP contribution in [-0.2, 0) is 10.0 Å². The van der Waals surface area contributed by atoms with Gasteiger partial charge in [0, 0.05) is 13.1 Å². The normalized spacial score (nSPS) is 11.4. The highest BCUT2D eigenvalue weighted by Crippen LogP contribution is 2.19. The maximum Gasteiger partial charge on any atom is 0.242 e. The van der Waals surface area contributed by atoms with Crippen molar-refractivity contribution in [2.75, 3.05) is 25.0 Å². The van der Waals surface area contributed by atoms with Crippen LogP contribution in [0.3, 0.4) is 0 Å². The van der Waals surface area contributed by atoms with Gasteiger partial charge in [-0.2, -0.15) is 0 Å². The van der Waals surface area contributed by atoms with E-state index in [1.165, 1.54) is 6.07 Å². The van der Waals surface area contributed by atoms with Gasteiger partial charge in [0.05, 0.1) is 12.3 Å². The Morgan fingerprint density at radius 1 is 1.31 bits per heavy atom. The van der Waals surface area contributed by atoms with Gasteiger partial charge in [-0.15, -0.1) is 0 Å². The number of sulfonamides is 1. The Bertz CT molecular complexity index is 431. The summed E-state index contributed by atoms with van der Waals surface area (Å²) in [6.07, 6.45) is 0. The van der Waals surface area contributed by atoms with Gasteiger partial charge in [-0.3, -0.25) is 0 Å². The fourth-order valence-corrected chi connectivity index (χ4v) is 2.53. The maximum atomic E-state index is 11.8. The number of hydrogen-bond acceptors (Lipinski definition) is 4. The molecule has 0 aromatic heterocycles. The molecule has 0 radical (unpaired) electrons. The van der Waals surface area contributed by atoms with Crippen molar-refractivity contribution in [3.8, 4) is 0 Å². The van der Waals surface area contributed by atoms with E-state index in [0.717, 1.165) is 0 Å². The summed E-state index contributed by atoms with van der Waals surface area (Å²) in [5, 5.41) is 11.6. The number of rotatable bonds is 6. The topological polar surface area (TPSA) is 78.4 Å². The first-order valence-corrected chi connectivity index (χ1v) is 6.53. The van der Waals surface area contributed by atoms with Crippen LogP contribution in [0.2, 0.25) is 0 Å². The molecule has 90 valence electrons. The minimum Gasteiger partial charge on any atom is -0.395 e. The SMILES string of the molecule is CCNS(=O)(=O)c1ccccc1NCCO. The van der Waals surface area contributed by atoms with E-state index in [9.17, 15) is 8.42 Å². The molecule has 0 aliphatic heterocycles. The van der Waals surface area contributed by atoms with Crippen molar-refractivity contribution in [3.05, 3.63) is 24.3 Å². The minimum absolute atomic E-state index is 0.0460. The highest BCUT2D eigenvalue weighted by molar-refractivity contribution is 7.89. The van der Waals surface area contributed by atoms with Crippen LogP contribution in [0.4, 0.5) is 5.69 Å².